The minimum absolute atomic E-state index is 0.00510. The third kappa shape index (κ3) is 2.83. The molecule has 0 fully saturated rings. The summed E-state index contributed by atoms with van der Waals surface area (Å²) in [5.74, 6) is 0.291. The van der Waals surface area contributed by atoms with E-state index in [4.69, 9.17) is 4.74 Å². The quantitative estimate of drug-likeness (QED) is 0.624. The lowest BCUT2D eigenvalue weighted by Gasteiger charge is -2.22. The monoisotopic (exact) mass is 322 g/mol. The molecule has 2 aromatic carbocycles. The van der Waals surface area contributed by atoms with Gasteiger partial charge in [0, 0.05) is 5.57 Å². The van der Waals surface area contributed by atoms with Gasteiger partial charge in [-0.05, 0) is 48.7 Å². The molecule has 1 heterocycles. The van der Waals surface area contributed by atoms with Crippen molar-refractivity contribution in [3.05, 3.63) is 69.8 Å². The number of Topliss-reactive ketones (excluding diaryl/α,β-unsaturated/α-hetero) is 1. The van der Waals surface area contributed by atoms with Crippen molar-refractivity contribution < 1.29 is 19.1 Å². The molecule has 0 N–H and O–H groups in total. The van der Waals surface area contributed by atoms with E-state index < -0.39 is 0 Å². The van der Waals surface area contributed by atoms with Crippen molar-refractivity contribution in [3.8, 4) is 5.75 Å². The zero-order valence-electron chi connectivity index (χ0n) is 13.9. The average molecular weight is 322 g/mol. The van der Waals surface area contributed by atoms with Crippen molar-refractivity contribution in [2.45, 2.75) is 13.8 Å². The Morgan fingerprint density at radius 3 is 2.42 bits per heavy atom. The highest BCUT2D eigenvalue weighted by Gasteiger charge is 2.26. The van der Waals surface area contributed by atoms with E-state index >= 15 is 0 Å². The molecule has 0 saturated carbocycles. The topological polar surface area (TPSA) is 52.6 Å². The first-order valence-electron chi connectivity index (χ1n) is 7.68. The third-order valence-electron chi connectivity index (χ3n) is 4.13. The normalized spacial score (nSPS) is 15.0. The first-order valence-corrected chi connectivity index (χ1v) is 7.68. The number of ketones is 1. The summed E-state index contributed by atoms with van der Waals surface area (Å²) in [5, 5.41) is 0. The maximum atomic E-state index is 12.8. The molecule has 122 valence electrons. The number of carbonyl (C=O) groups is 2. The van der Waals surface area contributed by atoms with E-state index in [-0.39, 0.29) is 18.4 Å². The Morgan fingerprint density at radius 2 is 1.75 bits per heavy atom. The Bertz CT molecular complexity index is 845. The molecule has 0 aliphatic carbocycles. The van der Waals surface area contributed by atoms with Gasteiger partial charge >= 0.3 is 5.97 Å². The highest BCUT2D eigenvalue weighted by atomic mass is 16.5. The molecule has 0 spiro atoms. The van der Waals surface area contributed by atoms with Crippen molar-refractivity contribution in [2.75, 3.05) is 13.7 Å². The summed E-state index contributed by atoms with van der Waals surface area (Å²) in [7, 11) is 1.35. The van der Waals surface area contributed by atoms with Crippen molar-refractivity contribution in [1.29, 1.82) is 0 Å². The Balaban J connectivity index is 1.93. The molecule has 0 unspecified atom stereocenters. The Morgan fingerprint density at radius 1 is 1.08 bits per heavy atom. The highest BCUT2D eigenvalue weighted by Crippen LogP contribution is 2.33. The number of carbonyl (C=O) groups excluding carboxylic acids is 2. The Kier molecular flexibility index (Phi) is 4.21. The molecule has 2 aromatic rings. The van der Waals surface area contributed by atoms with Gasteiger partial charge in [-0.3, -0.25) is 4.79 Å². The second-order valence-corrected chi connectivity index (χ2v) is 5.80. The molecule has 4 heteroatoms. The molecule has 1 aliphatic rings. The zero-order valence-corrected chi connectivity index (χ0v) is 13.9. The minimum atomic E-state index is -0.383. The van der Waals surface area contributed by atoms with Crippen LogP contribution < -0.4 is 4.74 Å². The van der Waals surface area contributed by atoms with E-state index in [1.165, 1.54) is 7.11 Å². The van der Waals surface area contributed by atoms with Crippen LogP contribution in [0.15, 0.2) is 42.0 Å². The molecule has 0 aromatic heterocycles. The van der Waals surface area contributed by atoms with Crippen LogP contribution in [0.25, 0.3) is 6.08 Å². The van der Waals surface area contributed by atoms with E-state index in [0.29, 0.717) is 22.4 Å². The molecule has 0 bridgehead atoms. The molecule has 0 amide bonds. The first-order chi connectivity index (χ1) is 11.5. The molecular weight excluding hydrogens is 304 g/mol. The second-order valence-electron chi connectivity index (χ2n) is 5.80. The SMILES string of the molecule is COC(=O)c1ccc(C=C2COc3c(C)ccc(C)c3C2=O)cc1. The van der Waals surface area contributed by atoms with Crippen LogP contribution in [0.1, 0.15) is 37.4 Å². The van der Waals surface area contributed by atoms with Crippen LogP contribution in [0.5, 0.6) is 5.75 Å². The van der Waals surface area contributed by atoms with Gasteiger partial charge in [0.2, 0.25) is 0 Å². The van der Waals surface area contributed by atoms with E-state index in [9.17, 15) is 9.59 Å². The van der Waals surface area contributed by atoms with Gasteiger partial charge in [-0.2, -0.15) is 0 Å². The maximum absolute atomic E-state index is 12.8. The zero-order chi connectivity index (χ0) is 17.3. The van der Waals surface area contributed by atoms with Crippen molar-refractivity contribution >= 4 is 17.8 Å². The summed E-state index contributed by atoms with van der Waals surface area (Å²) in [6, 6.07) is 10.8. The predicted octanol–water partition coefficient (Wildman–Crippen LogP) is 3.75. The van der Waals surface area contributed by atoms with Gasteiger partial charge in [0.05, 0.1) is 18.2 Å². The summed E-state index contributed by atoms with van der Waals surface area (Å²) in [6.45, 7) is 4.09. The lowest BCUT2D eigenvalue weighted by atomic mass is 9.93. The number of benzene rings is 2. The van der Waals surface area contributed by atoms with Gasteiger partial charge in [-0.1, -0.05) is 24.3 Å². The van der Waals surface area contributed by atoms with Gasteiger partial charge < -0.3 is 9.47 Å². The second kappa shape index (κ2) is 6.32. The number of methoxy groups -OCH3 is 1. The third-order valence-corrected chi connectivity index (χ3v) is 4.13. The molecule has 0 atom stereocenters. The summed E-state index contributed by atoms with van der Waals surface area (Å²) in [5.41, 5.74) is 4.42. The van der Waals surface area contributed by atoms with Gasteiger partial charge in [0.25, 0.3) is 0 Å². The first kappa shape index (κ1) is 16.0. The van der Waals surface area contributed by atoms with Crippen LogP contribution in [0.2, 0.25) is 0 Å². The number of hydrogen-bond acceptors (Lipinski definition) is 4. The van der Waals surface area contributed by atoms with E-state index in [1.54, 1.807) is 30.3 Å². The van der Waals surface area contributed by atoms with Crippen LogP contribution in [-0.2, 0) is 4.74 Å². The van der Waals surface area contributed by atoms with Gasteiger partial charge in [-0.15, -0.1) is 0 Å². The van der Waals surface area contributed by atoms with Crippen LogP contribution >= 0.6 is 0 Å². The Labute approximate surface area is 140 Å². The summed E-state index contributed by atoms with van der Waals surface area (Å²) < 4.78 is 10.5. The molecule has 24 heavy (non-hydrogen) atoms. The average Bonchev–Trinajstić information content (AvgIpc) is 2.60. The smallest absolute Gasteiger partial charge is 0.337 e. The van der Waals surface area contributed by atoms with Gasteiger partial charge in [-0.25, -0.2) is 4.79 Å². The summed E-state index contributed by atoms with van der Waals surface area (Å²) >= 11 is 0. The van der Waals surface area contributed by atoms with Crippen LogP contribution in [0.4, 0.5) is 0 Å². The molecule has 0 saturated heterocycles. The van der Waals surface area contributed by atoms with Gasteiger partial charge in [0.1, 0.15) is 12.4 Å². The summed E-state index contributed by atoms with van der Waals surface area (Å²) in [4.78, 5) is 24.3. The number of fused-ring (bicyclic) bond motifs is 1. The molecule has 0 radical (unpaired) electrons. The van der Waals surface area contributed by atoms with E-state index in [2.05, 4.69) is 4.74 Å². The summed E-state index contributed by atoms with van der Waals surface area (Å²) in [6.07, 6.45) is 1.80. The number of rotatable bonds is 2. The fourth-order valence-electron chi connectivity index (χ4n) is 2.77. The van der Waals surface area contributed by atoms with E-state index in [0.717, 1.165) is 16.7 Å². The number of esters is 1. The number of hydrogen-bond donors (Lipinski definition) is 0. The minimum Gasteiger partial charge on any atom is -0.488 e. The van der Waals surface area contributed by atoms with Crippen molar-refractivity contribution in [3.63, 3.8) is 0 Å². The fourth-order valence-corrected chi connectivity index (χ4v) is 2.77. The lowest BCUT2D eigenvalue weighted by molar-refractivity contribution is 0.0600. The van der Waals surface area contributed by atoms with Crippen LogP contribution in [0, 0.1) is 13.8 Å². The molecule has 4 nitrogen and oxygen atoms in total. The lowest BCUT2D eigenvalue weighted by Crippen LogP contribution is -2.21. The maximum Gasteiger partial charge on any atom is 0.337 e. The number of aryl methyl sites for hydroxylation is 2. The highest BCUT2D eigenvalue weighted by molar-refractivity contribution is 6.15. The van der Waals surface area contributed by atoms with Gasteiger partial charge in [0.15, 0.2) is 5.78 Å². The number of ether oxygens (including phenoxy) is 2. The fraction of sp³-hybridized carbons (Fsp3) is 0.200. The standard InChI is InChI=1S/C20H18O4/c1-12-4-5-13(2)19-17(12)18(21)16(11-24-19)10-14-6-8-15(9-7-14)20(22)23-3/h4-10H,11H2,1-3H3. The molecule has 1 aliphatic heterocycles. The van der Waals surface area contributed by atoms with Crippen LogP contribution in [-0.4, -0.2) is 25.5 Å². The molecule has 3 rings (SSSR count). The van der Waals surface area contributed by atoms with E-state index in [1.807, 2.05) is 26.0 Å². The van der Waals surface area contributed by atoms with Crippen molar-refractivity contribution in [2.24, 2.45) is 0 Å². The predicted molar refractivity (Wildman–Crippen MR) is 91.5 cm³/mol. The largest absolute Gasteiger partial charge is 0.488 e. The Hall–Kier alpha value is -2.88. The van der Waals surface area contributed by atoms with Crippen LogP contribution in [0.3, 0.4) is 0 Å². The molecular formula is C20H18O4. The van der Waals surface area contributed by atoms with Crippen molar-refractivity contribution in [1.82, 2.24) is 0 Å².